The monoisotopic (exact) mass is 229 g/mol. The summed E-state index contributed by atoms with van der Waals surface area (Å²) in [6.07, 6.45) is 0. The molecule has 0 unspecified atom stereocenters. The second-order valence-corrected chi connectivity index (χ2v) is 4.25. The van der Waals surface area contributed by atoms with E-state index in [-0.39, 0.29) is 0 Å². The van der Waals surface area contributed by atoms with Crippen molar-refractivity contribution in [2.45, 2.75) is 27.3 Å². The topological polar surface area (TPSA) is 47.2 Å². The fourth-order valence-corrected chi connectivity index (χ4v) is 1.84. The highest BCUT2D eigenvalue weighted by atomic mass is 16.3. The third kappa shape index (κ3) is 2.25. The zero-order chi connectivity index (χ0) is 12.4. The number of rotatable bonds is 3. The second-order valence-electron chi connectivity index (χ2n) is 4.25. The minimum absolute atomic E-state index is 0.456. The van der Waals surface area contributed by atoms with Crippen LogP contribution in [-0.2, 0) is 6.54 Å². The molecule has 4 nitrogen and oxygen atoms in total. The molecule has 0 saturated heterocycles. The number of hydrogen-bond acceptors (Lipinski definition) is 3. The zero-order valence-electron chi connectivity index (χ0n) is 10.3. The molecule has 0 fully saturated rings. The van der Waals surface area contributed by atoms with Gasteiger partial charge in [0, 0.05) is 0 Å². The first-order chi connectivity index (χ1) is 8.11. The molecule has 2 rings (SSSR count). The molecule has 17 heavy (non-hydrogen) atoms. The van der Waals surface area contributed by atoms with Crippen LogP contribution in [0.25, 0.3) is 0 Å². The van der Waals surface area contributed by atoms with Crippen LogP contribution in [0.3, 0.4) is 0 Å². The van der Waals surface area contributed by atoms with Crippen molar-refractivity contribution < 1.29 is 0 Å². The van der Waals surface area contributed by atoms with Crippen molar-refractivity contribution in [3.05, 3.63) is 51.7 Å². The van der Waals surface area contributed by atoms with Crippen molar-refractivity contribution in [1.29, 1.82) is 0 Å². The van der Waals surface area contributed by atoms with Gasteiger partial charge < -0.3 is 0 Å². The Balaban J connectivity index is 2.30. The summed E-state index contributed by atoms with van der Waals surface area (Å²) >= 11 is 0. The van der Waals surface area contributed by atoms with Gasteiger partial charge in [-0.05, 0) is 31.5 Å². The smallest absolute Gasteiger partial charge is 0.151 e. The lowest BCUT2D eigenvalue weighted by Crippen LogP contribution is -2.03. The van der Waals surface area contributed by atoms with Crippen molar-refractivity contribution >= 4 is 5.69 Å². The molecule has 0 aliphatic carbocycles. The van der Waals surface area contributed by atoms with Gasteiger partial charge in [-0.3, -0.25) is 4.68 Å². The van der Waals surface area contributed by atoms with Gasteiger partial charge in [0.05, 0.1) is 17.9 Å². The summed E-state index contributed by atoms with van der Waals surface area (Å²) in [6, 6.07) is 8.28. The van der Waals surface area contributed by atoms with E-state index in [1.165, 1.54) is 11.1 Å². The summed E-state index contributed by atoms with van der Waals surface area (Å²) in [6.45, 7) is 6.39. The van der Waals surface area contributed by atoms with Crippen LogP contribution in [0.1, 0.15) is 22.5 Å². The number of benzene rings is 1. The van der Waals surface area contributed by atoms with Crippen molar-refractivity contribution in [2.75, 3.05) is 0 Å². The van der Waals surface area contributed by atoms with E-state index >= 15 is 0 Å². The van der Waals surface area contributed by atoms with Crippen molar-refractivity contribution in [3.8, 4) is 0 Å². The van der Waals surface area contributed by atoms with E-state index in [1.54, 1.807) is 6.92 Å². The summed E-state index contributed by atoms with van der Waals surface area (Å²) in [4.78, 5) is 10.7. The maximum Gasteiger partial charge on any atom is 0.151 e. The Morgan fingerprint density at radius 1 is 1.18 bits per heavy atom. The first-order valence-electron chi connectivity index (χ1n) is 5.54. The van der Waals surface area contributed by atoms with Gasteiger partial charge in [0.15, 0.2) is 5.69 Å². The third-order valence-electron chi connectivity index (χ3n) is 2.89. The molecule has 0 saturated carbocycles. The highest BCUT2D eigenvalue weighted by Crippen LogP contribution is 2.22. The Morgan fingerprint density at radius 3 is 2.35 bits per heavy atom. The number of aromatic nitrogens is 2. The average Bonchev–Trinajstić information content (AvgIpc) is 2.57. The Morgan fingerprint density at radius 2 is 1.82 bits per heavy atom. The first kappa shape index (κ1) is 11.5. The minimum Gasteiger partial charge on any atom is -0.263 e. The van der Waals surface area contributed by atoms with Crippen LogP contribution in [-0.4, -0.2) is 9.78 Å². The van der Waals surface area contributed by atoms with Crippen LogP contribution < -0.4 is 0 Å². The van der Waals surface area contributed by atoms with Gasteiger partial charge in [-0.25, -0.2) is 0 Å². The lowest BCUT2D eigenvalue weighted by Gasteiger charge is -2.04. The van der Waals surface area contributed by atoms with Crippen LogP contribution in [0.15, 0.2) is 29.4 Å². The molecule has 0 radical (unpaired) electrons. The van der Waals surface area contributed by atoms with E-state index < -0.39 is 0 Å². The molecule has 0 amide bonds. The van der Waals surface area contributed by atoms with Crippen molar-refractivity contribution in [1.82, 2.24) is 9.78 Å². The first-order valence-corrected chi connectivity index (χ1v) is 5.54. The molecule has 88 valence electrons. The van der Waals surface area contributed by atoms with Crippen LogP contribution in [0.2, 0.25) is 0 Å². The molecule has 1 aromatic carbocycles. The lowest BCUT2D eigenvalue weighted by molar-refractivity contribution is 0.659. The number of nitroso groups, excluding NO2 is 1. The van der Waals surface area contributed by atoms with Crippen LogP contribution >= 0.6 is 0 Å². The fourth-order valence-electron chi connectivity index (χ4n) is 1.84. The highest BCUT2D eigenvalue weighted by molar-refractivity contribution is 5.46. The van der Waals surface area contributed by atoms with E-state index in [0.29, 0.717) is 17.9 Å². The number of hydrogen-bond donors (Lipinski definition) is 0. The number of aryl methyl sites for hydroxylation is 2. The number of nitrogens with zero attached hydrogens (tertiary/aromatic N) is 3. The largest absolute Gasteiger partial charge is 0.263 e. The average molecular weight is 229 g/mol. The Kier molecular flexibility index (Phi) is 3.04. The standard InChI is InChI=1S/C13H15N3O/c1-9-4-6-12(7-5-9)8-16-11(3)13(15-17)10(2)14-16/h4-7H,8H2,1-3H3. The highest BCUT2D eigenvalue weighted by Gasteiger charge is 2.11. The maximum absolute atomic E-state index is 10.7. The van der Waals surface area contributed by atoms with Crippen LogP contribution in [0.4, 0.5) is 5.69 Å². The van der Waals surface area contributed by atoms with E-state index in [4.69, 9.17) is 0 Å². The quantitative estimate of drug-likeness (QED) is 0.758. The Labute approximate surface area is 100 Å². The predicted octanol–water partition coefficient (Wildman–Crippen LogP) is 3.25. The summed E-state index contributed by atoms with van der Waals surface area (Å²) in [7, 11) is 0. The van der Waals surface area contributed by atoms with E-state index in [0.717, 1.165) is 5.69 Å². The van der Waals surface area contributed by atoms with Gasteiger partial charge >= 0.3 is 0 Å². The molecule has 0 spiro atoms. The normalized spacial score (nSPS) is 10.5. The zero-order valence-corrected chi connectivity index (χ0v) is 10.3. The van der Waals surface area contributed by atoms with Crippen molar-refractivity contribution in [2.24, 2.45) is 5.18 Å². The van der Waals surface area contributed by atoms with Crippen LogP contribution in [0.5, 0.6) is 0 Å². The summed E-state index contributed by atoms with van der Waals surface area (Å²) < 4.78 is 1.82. The van der Waals surface area contributed by atoms with Gasteiger partial charge in [0.25, 0.3) is 0 Å². The fraction of sp³-hybridized carbons (Fsp3) is 0.308. The molecule has 1 aromatic heterocycles. The van der Waals surface area contributed by atoms with Gasteiger partial charge in [-0.1, -0.05) is 29.8 Å². The second kappa shape index (κ2) is 4.49. The van der Waals surface area contributed by atoms with Crippen molar-refractivity contribution in [3.63, 3.8) is 0 Å². The maximum atomic E-state index is 10.7. The minimum atomic E-state index is 0.456. The molecule has 0 bridgehead atoms. The molecule has 0 aliphatic rings. The molecule has 2 aromatic rings. The predicted molar refractivity (Wildman–Crippen MR) is 67.4 cm³/mol. The SMILES string of the molecule is Cc1ccc(Cn2nc(C)c(N=O)c2C)cc1. The van der Waals surface area contributed by atoms with Gasteiger partial charge in [0.1, 0.15) is 0 Å². The van der Waals surface area contributed by atoms with E-state index in [1.807, 2.05) is 11.6 Å². The molecule has 4 heteroatoms. The Bertz CT molecular complexity index is 541. The summed E-state index contributed by atoms with van der Waals surface area (Å²) in [5.41, 5.74) is 4.36. The Hall–Kier alpha value is -1.97. The van der Waals surface area contributed by atoms with E-state index in [9.17, 15) is 4.91 Å². The molecule has 1 heterocycles. The molecular formula is C13H15N3O. The summed E-state index contributed by atoms with van der Waals surface area (Å²) in [5.74, 6) is 0. The van der Waals surface area contributed by atoms with E-state index in [2.05, 4.69) is 41.5 Å². The summed E-state index contributed by atoms with van der Waals surface area (Å²) in [5, 5.41) is 7.33. The molecule has 0 atom stereocenters. The van der Waals surface area contributed by atoms with Crippen LogP contribution in [0, 0.1) is 25.7 Å². The molecular weight excluding hydrogens is 214 g/mol. The molecule has 0 aliphatic heterocycles. The van der Waals surface area contributed by atoms with Gasteiger partial charge in [-0.15, -0.1) is 4.91 Å². The third-order valence-corrected chi connectivity index (χ3v) is 2.89. The van der Waals surface area contributed by atoms with Gasteiger partial charge in [0.2, 0.25) is 0 Å². The molecule has 0 N–H and O–H groups in total. The lowest BCUT2D eigenvalue weighted by atomic mass is 10.1. The van der Waals surface area contributed by atoms with Gasteiger partial charge in [-0.2, -0.15) is 5.10 Å².